The molecule has 2 heteroatoms. The van der Waals surface area contributed by atoms with E-state index in [0.29, 0.717) is 0 Å². The minimum atomic E-state index is 0.187. The first-order chi connectivity index (χ1) is 16.5. The number of quaternary nitrogens is 2. The maximum absolute atomic E-state index is 2.53. The molecule has 0 bridgehead atoms. The summed E-state index contributed by atoms with van der Waals surface area (Å²) in [5.74, 6) is 0. The molecule has 0 atom stereocenters. The van der Waals surface area contributed by atoms with Crippen LogP contribution in [0.1, 0.15) is 87.5 Å². The second kappa shape index (κ2) is 11.6. The quantitative estimate of drug-likeness (QED) is 0.191. The van der Waals surface area contributed by atoms with Gasteiger partial charge >= 0.3 is 0 Å². The zero-order chi connectivity index (χ0) is 25.7. The van der Waals surface area contributed by atoms with E-state index in [1.54, 1.807) is 11.1 Å². The summed E-state index contributed by atoms with van der Waals surface area (Å²) in [5.41, 5.74) is 9.23. The molecule has 0 spiro atoms. The maximum atomic E-state index is 2.53. The summed E-state index contributed by atoms with van der Waals surface area (Å²) in [6.45, 7) is 14.2. The SMILES string of the molecule is CC[N+](C)(C)CCCCCC1(CCCCC[N+](C)(C)CC)c2cc(C)ccc2-c2ccc(C)cc21. The number of benzene rings is 2. The lowest BCUT2D eigenvalue weighted by molar-refractivity contribution is -0.888. The van der Waals surface area contributed by atoms with Crippen molar-refractivity contribution in [1.29, 1.82) is 0 Å². The lowest BCUT2D eigenvalue weighted by Crippen LogP contribution is -2.40. The van der Waals surface area contributed by atoms with E-state index in [-0.39, 0.29) is 5.41 Å². The van der Waals surface area contributed by atoms with Gasteiger partial charge in [-0.1, -0.05) is 60.4 Å². The number of rotatable bonds is 14. The Labute approximate surface area is 217 Å². The fourth-order valence-corrected chi connectivity index (χ4v) is 5.99. The van der Waals surface area contributed by atoms with Gasteiger partial charge in [0.05, 0.1) is 54.4 Å². The van der Waals surface area contributed by atoms with Crippen LogP contribution in [0.5, 0.6) is 0 Å². The fraction of sp³-hybridized carbons (Fsp3) is 0.636. The van der Waals surface area contributed by atoms with Gasteiger partial charge in [-0.05, 0) is 88.5 Å². The summed E-state index contributed by atoms with van der Waals surface area (Å²) in [6, 6.07) is 14.5. The Kier molecular flexibility index (Phi) is 9.27. The molecule has 1 aliphatic rings. The predicted octanol–water partition coefficient (Wildman–Crippen LogP) is 7.88. The highest BCUT2D eigenvalue weighted by Gasteiger charge is 2.42. The van der Waals surface area contributed by atoms with Gasteiger partial charge in [-0.25, -0.2) is 0 Å². The van der Waals surface area contributed by atoms with Gasteiger partial charge in [0.25, 0.3) is 0 Å². The van der Waals surface area contributed by atoms with E-state index >= 15 is 0 Å². The predicted molar refractivity (Wildman–Crippen MR) is 154 cm³/mol. The van der Waals surface area contributed by atoms with Crippen LogP contribution in [0.2, 0.25) is 0 Å². The standard InChI is InChI=1S/C33H54N2/c1-9-34(5,6)23-15-11-13-21-33(22-14-12-16-24-35(7,8)10-2)31-25-27(3)17-19-29(31)30-20-18-28(4)26-32(30)33/h17-20,25-26H,9-16,21-24H2,1-8H3/q+2. The van der Waals surface area contributed by atoms with Crippen molar-refractivity contribution in [3.05, 3.63) is 58.7 Å². The Balaban J connectivity index is 1.82. The van der Waals surface area contributed by atoms with Crippen molar-refractivity contribution in [1.82, 2.24) is 0 Å². The minimum Gasteiger partial charge on any atom is -0.329 e. The van der Waals surface area contributed by atoms with E-state index in [1.165, 1.54) is 99.8 Å². The largest absolute Gasteiger partial charge is 0.329 e. The van der Waals surface area contributed by atoms with E-state index in [9.17, 15) is 0 Å². The molecule has 0 saturated carbocycles. The van der Waals surface area contributed by atoms with E-state index in [0.717, 1.165) is 8.97 Å². The lowest BCUT2D eigenvalue weighted by atomic mass is 9.70. The van der Waals surface area contributed by atoms with Gasteiger partial charge in [0.1, 0.15) is 0 Å². The van der Waals surface area contributed by atoms with Gasteiger partial charge in [-0.3, -0.25) is 0 Å². The van der Waals surface area contributed by atoms with Gasteiger partial charge in [-0.2, -0.15) is 0 Å². The zero-order valence-electron chi connectivity index (χ0n) is 24.3. The van der Waals surface area contributed by atoms with Crippen LogP contribution in [0, 0.1) is 13.8 Å². The molecule has 2 aromatic carbocycles. The number of nitrogens with zero attached hydrogens (tertiary/aromatic N) is 2. The Bertz CT molecular complexity index is 890. The topological polar surface area (TPSA) is 0 Å². The van der Waals surface area contributed by atoms with Crippen LogP contribution in [0.15, 0.2) is 36.4 Å². The molecular weight excluding hydrogens is 424 g/mol. The number of hydrogen-bond donors (Lipinski definition) is 0. The molecule has 194 valence electrons. The van der Waals surface area contributed by atoms with Crippen molar-refractivity contribution < 1.29 is 8.97 Å². The molecule has 0 radical (unpaired) electrons. The Hall–Kier alpha value is -1.64. The molecule has 2 aromatic rings. The second-order valence-corrected chi connectivity index (χ2v) is 12.8. The summed E-state index contributed by atoms with van der Waals surface area (Å²) >= 11 is 0. The molecule has 0 saturated heterocycles. The first-order valence-corrected chi connectivity index (χ1v) is 14.4. The molecule has 0 unspecified atom stereocenters. The van der Waals surface area contributed by atoms with Crippen LogP contribution in [0.25, 0.3) is 11.1 Å². The first kappa shape index (κ1) is 27.9. The monoisotopic (exact) mass is 478 g/mol. The van der Waals surface area contributed by atoms with Gasteiger partial charge in [0.2, 0.25) is 0 Å². The van der Waals surface area contributed by atoms with E-state index in [1.807, 2.05) is 0 Å². The van der Waals surface area contributed by atoms with Crippen molar-refractivity contribution in [3.8, 4) is 11.1 Å². The van der Waals surface area contributed by atoms with Crippen molar-refractivity contribution >= 4 is 0 Å². The normalized spacial score (nSPS) is 14.7. The van der Waals surface area contributed by atoms with Crippen LogP contribution in [-0.2, 0) is 5.41 Å². The minimum absolute atomic E-state index is 0.187. The van der Waals surface area contributed by atoms with Gasteiger partial charge < -0.3 is 8.97 Å². The van der Waals surface area contributed by atoms with Crippen LogP contribution in [0.3, 0.4) is 0 Å². The Morgan fingerprint density at radius 3 is 1.34 bits per heavy atom. The van der Waals surface area contributed by atoms with Crippen molar-refractivity contribution in [2.45, 2.75) is 84.5 Å². The molecule has 0 amide bonds. The fourth-order valence-electron chi connectivity index (χ4n) is 5.99. The molecule has 0 heterocycles. The second-order valence-electron chi connectivity index (χ2n) is 12.8. The zero-order valence-corrected chi connectivity index (χ0v) is 24.3. The van der Waals surface area contributed by atoms with E-state index in [2.05, 4.69) is 92.3 Å². The van der Waals surface area contributed by atoms with E-state index in [4.69, 9.17) is 0 Å². The smallest absolute Gasteiger partial charge is 0.0782 e. The Morgan fingerprint density at radius 2 is 0.971 bits per heavy atom. The van der Waals surface area contributed by atoms with Crippen LogP contribution >= 0.6 is 0 Å². The van der Waals surface area contributed by atoms with Gasteiger partial charge in [0, 0.05) is 5.41 Å². The Morgan fingerprint density at radius 1 is 0.571 bits per heavy atom. The average Bonchev–Trinajstić information content (AvgIpc) is 3.07. The number of unbranched alkanes of at least 4 members (excludes halogenated alkanes) is 4. The maximum Gasteiger partial charge on any atom is 0.0782 e. The summed E-state index contributed by atoms with van der Waals surface area (Å²) in [4.78, 5) is 0. The number of aryl methyl sites for hydroxylation is 2. The third-order valence-corrected chi connectivity index (χ3v) is 9.12. The number of fused-ring (bicyclic) bond motifs is 3. The van der Waals surface area contributed by atoms with Gasteiger partial charge in [-0.15, -0.1) is 0 Å². The highest BCUT2D eigenvalue weighted by molar-refractivity contribution is 5.81. The number of hydrogen-bond acceptors (Lipinski definition) is 0. The molecule has 0 fully saturated rings. The van der Waals surface area contributed by atoms with E-state index < -0.39 is 0 Å². The average molecular weight is 479 g/mol. The third-order valence-electron chi connectivity index (χ3n) is 9.12. The van der Waals surface area contributed by atoms with Crippen LogP contribution in [-0.4, -0.2) is 63.3 Å². The molecule has 0 aliphatic heterocycles. The highest BCUT2D eigenvalue weighted by atomic mass is 15.3. The van der Waals surface area contributed by atoms with Crippen LogP contribution < -0.4 is 0 Å². The molecule has 3 rings (SSSR count). The van der Waals surface area contributed by atoms with Crippen LogP contribution in [0.4, 0.5) is 0 Å². The molecule has 0 aromatic heterocycles. The van der Waals surface area contributed by atoms with Gasteiger partial charge in [0.15, 0.2) is 0 Å². The van der Waals surface area contributed by atoms with Crippen molar-refractivity contribution in [3.63, 3.8) is 0 Å². The summed E-state index contributed by atoms with van der Waals surface area (Å²) in [7, 11) is 9.48. The molecule has 0 N–H and O–H groups in total. The third kappa shape index (κ3) is 6.77. The molecule has 1 aliphatic carbocycles. The summed E-state index contributed by atoms with van der Waals surface area (Å²) < 4.78 is 2.28. The molecule has 35 heavy (non-hydrogen) atoms. The van der Waals surface area contributed by atoms with Crippen molar-refractivity contribution in [2.24, 2.45) is 0 Å². The molecule has 2 nitrogen and oxygen atoms in total. The highest BCUT2D eigenvalue weighted by Crippen LogP contribution is 2.54. The van der Waals surface area contributed by atoms with Crippen molar-refractivity contribution in [2.75, 3.05) is 54.4 Å². The lowest BCUT2D eigenvalue weighted by Gasteiger charge is -2.34. The first-order valence-electron chi connectivity index (χ1n) is 14.4. The molecular formula is C33H54N2+2. The summed E-state index contributed by atoms with van der Waals surface area (Å²) in [5, 5.41) is 0. The summed E-state index contributed by atoms with van der Waals surface area (Å²) in [6.07, 6.45) is 10.6.